The third kappa shape index (κ3) is 6.16. The molecule has 3 aromatic rings. The van der Waals surface area contributed by atoms with Crippen LogP contribution in [0.25, 0.3) is 0 Å². The molecule has 0 saturated carbocycles. The molecule has 0 spiro atoms. The minimum atomic E-state index is -0.560. The van der Waals surface area contributed by atoms with Crippen molar-refractivity contribution in [3.05, 3.63) is 75.9 Å². The number of benzene rings is 2. The smallest absolute Gasteiger partial charge is 0.270 e. The van der Waals surface area contributed by atoms with Gasteiger partial charge in [-0.1, -0.05) is 31.7 Å². The zero-order chi connectivity index (χ0) is 24.8. The van der Waals surface area contributed by atoms with Crippen LogP contribution in [0.15, 0.2) is 53.7 Å². The van der Waals surface area contributed by atoms with E-state index in [2.05, 4.69) is 20.8 Å². The number of aromatic nitrogens is 3. The number of non-ortho nitro benzene ring substituents is 1. The lowest BCUT2D eigenvalue weighted by molar-refractivity contribution is -0.384. The number of nitro benzene ring substituents is 1. The van der Waals surface area contributed by atoms with E-state index < -0.39 is 22.7 Å². The number of nitrogens with zero attached hydrogens (tertiary/aromatic N) is 4. The summed E-state index contributed by atoms with van der Waals surface area (Å²) in [7, 11) is 1.73. The van der Waals surface area contributed by atoms with Crippen LogP contribution in [0.2, 0.25) is 0 Å². The first-order chi connectivity index (χ1) is 16.2. The molecule has 0 radical (unpaired) electrons. The number of amides is 2. The number of halogens is 1. The number of carbonyl (C=O) groups is 2. The highest BCUT2D eigenvalue weighted by atomic mass is 32.2. The Morgan fingerprint density at radius 2 is 1.88 bits per heavy atom. The van der Waals surface area contributed by atoms with Crippen LogP contribution in [0.5, 0.6) is 0 Å². The third-order valence-electron chi connectivity index (χ3n) is 4.88. The molecule has 10 nitrogen and oxygen atoms in total. The van der Waals surface area contributed by atoms with E-state index in [-0.39, 0.29) is 28.8 Å². The first-order valence-corrected chi connectivity index (χ1v) is 11.3. The van der Waals surface area contributed by atoms with Gasteiger partial charge >= 0.3 is 0 Å². The molecule has 0 bridgehead atoms. The summed E-state index contributed by atoms with van der Waals surface area (Å²) in [6, 6.07) is 10.4. The lowest BCUT2D eigenvalue weighted by Gasteiger charge is -2.21. The minimum absolute atomic E-state index is 0.0513. The van der Waals surface area contributed by atoms with Crippen LogP contribution in [-0.2, 0) is 11.8 Å². The van der Waals surface area contributed by atoms with Gasteiger partial charge in [0.05, 0.1) is 16.7 Å². The van der Waals surface area contributed by atoms with Gasteiger partial charge in [-0.25, -0.2) is 4.39 Å². The van der Waals surface area contributed by atoms with Crippen molar-refractivity contribution < 1.29 is 18.9 Å². The maximum atomic E-state index is 13.0. The highest BCUT2D eigenvalue weighted by Crippen LogP contribution is 2.25. The van der Waals surface area contributed by atoms with Gasteiger partial charge < -0.3 is 15.2 Å². The first kappa shape index (κ1) is 24.8. The second-order valence-corrected chi connectivity index (χ2v) is 8.69. The third-order valence-corrected chi connectivity index (χ3v) is 5.90. The van der Waals surface area contributed by atoms with Crippen LogP contribution < -0.4 is 10.6 Å². The summed E-state index contributed by atoms with van der Waals surface area (Å²) >= 11 is 1.16. The highest BCUT2D eigenvalue weighted by molar-refractivity contribution is 7.99. The Labute approximate surface area is 199 Å². The topological polar surface area (TPSA) is 132 Å². The number of anilines is 1. The van der Waals surface area contributed by atoms with Crippen molar-refractivity contribution in [1.29, 1.82) is 0 Å². The van der Waals surface area contributed by atoms with Gasteiger partial charge in [0, 0.05) is 30.4 Å². The second-order valence-electron chi connectivity index (χ2n) is 7.75. The van der Waals surface area contributed by atoms with Gasteiger partial charge in [0.15, 0.2) is 11.0 Å². The largest absolute Gasteiger partial charge is 0.342 e. The second kappa shape index (κ2) is 10.9. The average molecular weight is 487 g/mol. The molecule has 0 fully saturated rings. The molecular weight excluding hydrogens is 463 g/mol. The fourth-order valence-corrected chi connectivity index (χ4v) is 3.82. The summed E-state index contributed by atoms with van der Waals surface area (Å²) in [6.07, 6.45) is 0. The molecule has 0 aliphatic heterocycles. The lowest BCUT2D eigenvalue weighted by atomic mass is 10.0. The quantitative estimate of drug-likeness (QED) is 0.268. The molecule has 34 heavy (non-hydrogen) atoms. The van der Waals surface area contributed by atoms with Crippen molar-refractivity contribution >= 4 is 35.0 Å². The molecule has 0 saturated heterocycles. The van der Waals surface area contributed by atoms with Gasteiger partial charge in [0.1, 0.15) is 5.82 Å². The molecule has 1 heterocycles. The van der Waals surface area contributed by atoms with Crippen LogP contribution in [0.1, 0.15) is 36.1 Å². The van der Waals surface area contributed by atoms with E-state index >= 15 is 0 Å². The van der Waals surface area contributed by atoms with E-state index in [4.69, 9.17) is 0 Å². The van der Waals surface area contributed by atoms with Crippen LogP contribution in [0.3, 0.4) is 0 Å². The zero-order valence-corrected chi connectivity index (χ0v) is 19.5. The van der Waals surface area contributed by atoms with Gasteiger partial charge in [-0.3, -0.25) is 19.7 Å². The normalized spacial score (nSPS) is 11.8. The molecule has 1 aromatic heterocycles. The van der Waals surface area contributed by atoms with Crippen molar-refractivity contribution in [2.75, 3.05) is 11.1 Å². The molecule has 0 aliphatic rings. The SMILES string of the molecule is CC(C)[C@@H](NC(=O)c1cccc([N+](=O)[O-])c1)c1nnc(SCC(=O)Nc2ccc(F)cc2)n1C. The summed E-state index contributed by atoms with van der Waals surface area (Å²) in [4.78, 5) is 35.4. The van der Waals surface area contributed by atoms with E-state index in [1.165, 1.54) is 48.5 Å². The average Bonchev–Trinajstić information content (AvgIpc) is 3.17. The van der Waals surface area contributed by atoms with Crippen LogP contribution >= 0.6 is 11.8 Å². The Bertz CT molecular complexity index is 1200. The van der Waals surface area contributed by atoms with Crippen molar-refractivity contribution in [2.45, 2.75) is 25.0 Å². The maximum Gasteiger partial charge on any atom is 0.270 e. The zero-order valence-electron chi connectivity index (χ0n) is 18.7. The standard InChI is InChI=1S/C22H23FN6O4S/c1-13(2)19(25-21(31)14-5-4-6-17(11-14)29(32)33)20-26-27-22(28(20)3)34-12-18(30)24-16-9-7-15(23)8-10-16/h4-11,13,19H,12H2,1-3H3,(H,24,30)(H,25,31)/t19-/m1/s1. The van der Waals surface area contributed by atoms with E-state index in [9.17, 15) is 24.1 Å². The Kier molecular flexibility index (Phi) is 7.95. The van der Waals surface area contributed by atoms with Gasteiger partial charge in [-0.15, -0.1) is 10.2 Å². The molecular formula is C22H23FN6O4S. The Hall–Kier alpha value is -3.80. The molecule has 12 heteroatoms. The van der Waals surface area contributed by atoms with Gasteiger partial charge in [0.25, 0.3) is 11.6 Å². The van der Waals surface area contributed by atoms with Crippen molar-refractivity contribution in [3.63, 3.8) is 0 Å². The van der Waals surface area contributed by atoms with Crippen LogP contribution in [0.4, 0.5) is 15.8 Å². The number of thioether (sulfide) groups is 1. The Morgan fingerprint density at radius 1 is 1.18 bits per heavy atom. The summed E-state index contributed by atoms with van der Waals surface area (Å²) in [5, 5.41) is 25.4. The lowest BCUT2D eigenvalue weighted by Crippen LogP contribution is -2.33. The van der Waals surface area contributed by atoms with Crippen molar-refractivity contribution in [3.8, 4) is 0 Å². The molecule has 3 rings (SSSR count). The van der Waals surface area contributed by atoms with Crippen molar-refractivity contribution in [2.24, 2.45) is 13.0 Å². The Morgan fingerprint density at radius 3 is 2.53 bits per heavy atom. The number of hydrogen-bond acceptors (Lipinski definition) is 7. The molecule has 1 atom stereocenters. The predicted octanol–water partition coefficient (Wildman–Crippen LogP) is 3.72. The number of rotatable bonds is 9. The molecule has 2 aromatic carbocycles. The van der Waals surface area contributed by atoms with Gasteiger partial charge in [0.2, 0.25) is 5.91 Å². The number of nitro groups is 1. The first-order valence-electron chi connectivity index (χ1n) is 10.3. The highest BCUT2D eigenvalue weighted by Gasteiger charge is 2.26. The van der Waals surface area contributed by atoms with E-state index in [1.807, 2.05) is 13.8 Å². The number of hydrogen-bond donors (Lipinski definition) is 2. The summed E-state index contributed by atoms with van der Waals surface area (Å²) in [5.41, 5.74) is 0.466. The minimum Gasteiger partial charge on any atom is -0.342 e. The fourth-order valence-electron chi connectivity index (χ4n) is 3.10. The Balaban J connectivity index is 1.68. The molecule has 2 N–H and O–H groups in total. The molecule has 2 amide bonds. The summed E-state index contributed by atoms with van der Waals surface area (Å²) < 4.78 is 14.7. The van der Waals surface area contributed by atoms with Gasteiger partial charge in [-0.2, -0.15) is 0 Å². The van der Waals surface area contributed by atoms with Gasteiger partial charge in [-0.05, 0) is 36.2 Å². The van der Waals surface area contributed by atoms with Crippen LogP contribution in [0, 0.1) is 21.8 Å². The number of nitrogens with one attached hydrogen (secondary N) is 2. The molecule has 0 unspecified atom stereocenters. The fraction of sp³-hybridized carbons (Fsp3) is 0.273. The number of carbonyl (C=O) groups excluding carboxylic acids is 2. The van der Waals surface area contributed by atoms with E-state index in [0.717, 1.165) is 11.8 Å². The van der Waals surface area contributed by atoms with Crippen molar-refractivity contribution in [1.82, 2.24) is 20.1 Å². The van der Waals surface area contributed by atoms with Crippen LogP contribution in [-0.4, -0.2) is 37.3 Å². The molecule has 0 aliphatic carbocycles. The van der Waals surface area contributed by atoms with E-state index in [0.29, 0.717) is 16.7 Å². The van der Waals surface area contributed by atoms with E-state index in [1.54, 1.807) is 11.6 Å². The molecule has 178 valence electrons. The monoisotopic (exact) mass is 486 g/mol. The predicted molar refractivity (Wildman–Crippen MR) is 125 cm³/mol. The summed E-state index contributed by atoms with van der Waals surface area (Å²) in [5.74, 6) is -0.689. The summed E-state index contributed by atoms with van der Waals surface area (Å²) in [6.45, 7) is 3.80. The maximum absolute atomic E-state index is 13.0.